The van der Waals surface area contributed by atoms with E-state index < -0.39 is 5.60 Å². The molecule has 2 rings (SSSR count). The van der Waals surface area contributed by atoms with Gasteiger partial charge in [-0.2, -0.15) is 0 Å². The first-order valence-electron chi connectivity index (χ1n) is 7.52. The predicted octanol–water partition coefficient (Wildman–Crippen LogP) is 1.81. The normalized spacial score (nSPS) is 26.8. The molecule has 1 aliphatic carbocycles. The van der Waals surface area contributed by atoms with Crippen LogP contribution in [-0.2, 0) is 6.54 Å². The molecule has 2 unspecified atom stereocenters. The Kier molecular flexibility index (Phi) is 5.20. The Hall–Kier alpha value is -1.59. The number of nitrogens with one attached hydrogen (secondary N) is 1. The second-order valence-electron chi connectivity index (χ2n) is 6.21. The molecule has 5 nitrogen and oxygen atoms in total. The van der Waals surface area contributed by atoms with Crippen LogP contribution in [0, 0.1) is 5.92 Å². The molecule has 5 N–H and O–H groups in total. The zero-order valence-corrected chi connectivity index (χ0v) is 12.5. The van der Waals surface area contributed by atoms with Crippen molar-refractivity contribution in [1.82, 2.24) is 5.32 Å². The van der Waals surface area contributed by atoms with Crippen molar-refractivity contribution in [1.29, 1.82) is 0 Å². The van der Waals surface area contributed by atoms with Crippen LogP contribution in [0.25, 0.3) is 0 Å². The van der Waals surface area contributed by atoms with E-state index in [4.69, 9.17) is 10.9 Å². The van der Waals surface area contributed by atoms with Gasteiger partial charge in [-0.1, -0.05) is 49.2 Å². The topological polar surface area (TPSA) is 90.9 Å². The predicted molar refractivity (Wildman–Crippen MR) is 83.2 cm³/mol. The van der Waals surface area contributed by atoms with Gasteiger partial charge >= 0.3 is 0 Å². The van der Waals surface area contributed by atoms with Gasteiger partial charge in [0, 0.05) is 18.7 Å². The molecule has 1 saturated carbocycles. The van der Waals surface area contributed by atoms with E-state index in [2.05, 4.69) is 17.4 Å². The van der Waals surface area contributed by atoms with Gasteiger partial charge in [0.1, 0.15) is 0 Å². The first kappa shape index (κ1) is 15.8. The minimum Gasteiger partial charge on any atom is -0.409 e. The van der Waals surface area contributed by atoms with Gasteiger partial charge in [0.25, 0.3) is 0 Å². The second kappa shape index (κ2) is 6.91. The first-order valence-corrected chi connectivity index (χ1v) is 7.52. The Morgan fingerprint density at radius 3 is 2.76 bits per heavy atom. The van der Waals surface area contributed by atoms with Crippen LogP contribution in [0.15, 0.2) is 29.4 Å². The van der Waals surface area contributed by atoms with Gasteiger partial charge in [-0.25, -0.2) is 0 Å². The van der Waals surface area contributed by atoms with E-state index in [9.17, 15) is 5.11 Å². The fraction of sp³-hybridized carbons (Fsp3) is 0.562. The summed E-state index contributed by atoms with van der Waals surface area (Å²) in [5.41, 5.74) is 6.76. The van der Waals surface area contributed by atoms with E-state index in [-0.39, 0.29) is 5.84 Å². The van der Waals surface area contributed by atoms with Crippen molar-refractivity contribution in [2.45, 2.75) is 44.8 Å². The van der Waals surface area contributed by atoms with Crippen molar-refractivity contribution in [2.75, 3.05) is 6.54 Å². The summed E-state index contributed by atoms with van der Waals surface area (Å²) in [7, 11) is 0. The number of benzene rings is 1. The van der Waals surface area contributed by atoms with E-state index in [0.29, 0.717) is 24.6 Å². The van der Waals surface area contributed by atoms with Crippen LogP contribution < -0.4 is 11.1 Å². The van der Waals surface area contributed by atoms with Crippen LogP contribution in [0.5, 0.6) is 0 Å². The molecule has 0 radical (unpaired) electrons. The average molecular weight is 291 g/mol. The molecular weight excluding hydrogens is 266 g/mol. The number of aliphatic hydroxyl groups is 1. The van der Waals surface area contributed by atoms with Crippen molar-refractivity contribution in [2.24, 2.45) is 16.8 Å². The van der Waals surface area contributed by atoms with Crippen LogP contribution in [0.1, 0.15) is 43.7 Å². The SMILES string of the molecule is CC1CCCC(O)(CNCc2ccc(C(N)=NO)cc2)C1. The lowest BCUT2D eigenvalue weighted by Crippen LogP contribution is -2.43. The van der Waals surface area contributed by atoms with E-state index in [1.807, 2.05) is 24.3 Å². The Labute approximate surface area is 125 Å². The van der Waals surface area contributed by atoms with Crippen LogP contribution in [0.2, 0.25) is 0 Å². The highest BCUT2D eigenvalue weighted by atomic mass is 16.4. The highest BCUT2D eigenvalue weighted by molar-refractivity contribution is 5.96. The second-order valence-corrected chi connectivity index (χ2v) is 6.21. The van der Waals surface area contributed by atoms with Gasteiger partial charge in [-0.3, -0.25) is 0 Å². The lowest BCUT2D eigenvalue weighted by Gasteiger charge is -2.35. The molecule has 0 spiro atoms. The van der Waals surface area contributed by atoms with Crippen LogP contribution in [0.3, 0.4) is 0 Å². The monoisotopic (exact) mass is 291 g/mol. The highest BCUT2D eigenvalue weighted by Gasteiger charge is 2.31. The van der Waals surface area contributed by atoms with Crippen LogP contribution in [-0.4, -0.2) is 28.3 Å². The molecule has 0 amide bonds. The lowest BCUT2D eigenvalue weighted by atomic mass is 9.79. The lowest BCUT2D eigenvalue weighted by molar-refractivity contribution is -0.0119. The van der Waals surface area contributed by atoms with E-state index in [1.165, 1.54) is 6.42 Å². The molecule has 1 aliphatic rings. The third-order valence-electron chi connectivity index (χ3n) is 4.21. The quantitative estimate of drug-likeness (QED) is 0.288. The van der Waals surface area contributed by atoms with Gasteiger partial charge in [0.15, 0.2) is 5.84 Å². The summed E-state index contributed by atoms with van der Waals surface area (Å²) in [6.07, 6.45) is 4.08. The number of oxime groups is 1. The molecule has 0 heterocycles. The number of hydrogen-bond donors (Lipinski definition) is 4. The fourth-order valence-corrected chi connectivity index (χ4v) is 3.08. The average Bonchev–Trinajstić information content (AvgIpc) is 2.47. The Balaban J connectivity index is 1.83. The molecule has 0 saturated heterocycles. The van der Waals surface area contributed by atoms with Crippen molar-refractivity contribution < 1.29 is 10.3 Å². The zero-order chi connectivity index (χ0) is 15.3. The Morgan fingerprint density at radius 1 is 1.43 bits per heavy atom. The minimum absolute atomic E-state index is 0.111. The summed E-state index contributed by atoms with van der Waals surface area (Å²) < 4.78 is 0. The van der Waals surface area contributed by atoms with Gasteiger partial charge in [0.05, 0.1) is 5.60 Å². The molecule has 1 fully saturated rings. The van der Waals surface area contributed by atoms with Gasteiger partial charge in [-0.05, 0) is 24.3 Å². The molecule has 21 heavy (non-hydrogen) atoms. The molecule has 116 valence electrons. The highest BCUT2D eigenvalue weighted by Crippen LogP contribution is 2.31. The summed E-state index contributed by atoms with van der Waals surface area (Å²) in [6.45, 7) is 3.53. The van der Waals surface area contributed by atoms with Crippen molar-refractivity contribution >= 4 is 5.84 Å². The van der Waals surface area contributed by atoms with Crippen LogP contribution in [0.4, 0.5) is 0 Å². The van der Waals surface area contributed by atoms with Crippen molar-refractivity contribution in [3.63, 3.8) is 0 Å². The molecule has 1 aromatic rings. The maximum absolute atomic E-state index is 10.5. The molecule has 1 aromatic carbocycles. The summed E-state index contributed by atoms with van der Waals surface area (Å²) in [4.78, 5) is 0. The maximum atomic E-state index is 10.5. The Bertz CT molecular complexity index is 487. The number of amidine groups is 1. The molecule has 0 bridgehead atoms. The van der Waals surface area contributed by atoms with Gasteiger partial charge in [-0.15, -0.1) is 0 Å². The maximum Gasteiger partial charge on any atom is 0.170 e. The summed E-state index contributed by atoms with van der Waals surface area (Å²) in [5.74, 6) is 0.714. The molecule has 0 aliphatic heterocycles. The number of hydrogen-bond acceptors (Lipinski definition) is 4. The number of nitrogens with two attached hydrogens (primary N) is 1. The summed E-state index contributed by atoms with van der Waals surface area (Å²) in [6, 6.07) is 7.52. The molecule has 0 aromatic heterocycles. The van der Waals surface area contributed by atoms with Gasteiger partial charge < -0.3 is 21.4 Å². The largest absolute Gasteiger partial charge is 0.409 e. The summed E-state index contributed by atoms with van der Waals surface area (Å²) in [5, 5.41) is 25.5. The van der Waals surface area contributed by atoms with E-state index in [1.54, 1.807) is 0 Å². The van der Waals surface area contributed by atoms with Gasteiger partial charge in [0.2, 0.25) is 0 Å². The van der Waals surface area contributed by atoms with Crippen molar-refractivity contribution in [3.8, 4) is 0 Å². The van der Waals surface area contributed by atoms with Crippen LogP contribution >= 0.6 is 0 Å². The third-order valence-corrected chi connectivity index (χ3v) is 4.21. The minimum atomic E-state index is -0.564. The standard InChI is InChI=1S/C16H25N3O2/c1-12-3-2-8-16(20,9-12)11-18-10-13-4-6-14(7-5-13)15(17)19-21/h4-7,12,18,20-21H,2-3,8-11H2,1H3,(H2,17,19). The van der Waals surface area contributed by atoms with Crippen molar-refractivity contribution in [3.05, 3.63) is 35.4 Å². The van der Waals surface area contributed by atoms with E-state index >= 15 is 0 Å². The smallest absolute Gasteiger partial charge is 0.170 e. The number of rotatable bonds is 5. The molecular formula is C16H25N3O2. The zero-order valence-electron chi connectivity index (χ0n) is 12.5. The third kappa shape index (κ3) is 4.44. The molecule has 2 atom stereocenters. The summed E-state index contributed by atoms with van der Waals surface area (Å²) >= 11 is 0. The number of nitrogens with zero attached hydrogens (tertiary/aromatic N) is 1. The Morgan fingerprint density at radius 2 is 2.14 bits per heavy atom. The molecule has 5 heteroatoms. The fourth-order valence-electron chi connectivity index (χ4n) is 3.08. The first-order chi connectivity index (χ1) is 10.0. The van der Waals surface area contributed by atoms with E-state index in [0.717, 1.165) is 24.8 Å².